The van der Waals surface area contributed by atoms with Gasteiger partial charge in [-0.05, 0) is 50.6 Å². The van der Waals surface area contributed by atoms with E-state index in [4.69, 9.17) is 0 Å². The average molecular weight is 222 g/mol. The smallest absolute Gasteiger partial charge is 0.219 e. The summed E-state index contributed by atoms with van der Waals surface area (Å²) in [5.74, 6) is 0.265. The Labute approximate surface area is 97.8 Å². The monoisotopic (exact) mass is 222 g/mol. The van der Waals surface area contributed by atoms with Crippen molar-refractivity contribution >= 4 is 5.91 Å². The van der Waals surface area contributed by atoms with Gasteiger partial charge in [-0.1, -0.05) is 0 Å². The summed E-state index contributed by atoms with van der Waals surface area (Å²) in [5.41, 5.74) is 0.483. The lowest BCUT2D eigenvalue weighted by Crippen LogP contribution is -2.42. The lowest BCUT2D eigenvalue weighted by molar-refractivity contribution is -0.128. The first-order valence-corrected chi connectivity index (χ1v) is 6.68. The van der Waals surface area contributed by atoms with Gasteiger partial charge >= 0.3 is 0 Å². The molecule has 2 saturated heterocycles. The van der Waals surface area contributed by atoms with Crippen LogP contribution >= 0.6 is 0 Å². The summed E-state index contributed by atoms with van der Waals surface area (Å²) in [5, 5.41) is 0. The van der Waals surface area contributed by atoms with Gasteiger partial charge in [0.05, 0.1) is 0 Å². The maximum absolute atomic E-state index is 11.4. The molecule has 0 unspecified atom stereocenters. The molecule has 0 aromatic heterocycles. The number of nitrogens with zero attached hydrogens (tertiary/aromatic N) is 2. The number of carbonyl (C=O) groups excluding carboxylic acids is 1. The molecule has 1 saturated carbocycles. The van der Waals surface area contributed by atoms with Crippen LogP contribution in [-0.2, 0) is 4.79 Å². The zero-order valence-corrected chi connectivity index (χ0v) is 10.2. The molecule has 0 radical (unpaired) electrons. The highest BCUT2D eigenvalue weighted by atomic mass is 16.2. The zero-order chi connectivity index (χ0) is 11.2. The highest BCUT2D eigenvalue weighted by Crippen LogP contribution is 2.42. The molecule has 16 heavy (non-hydrogen) atoms. The third-order valence-corrected chi connectivity index (χ3v) is 4.81. The minimum absolute atomic E-state index is 0.265. The Bertz CT molecular complexity index is 290. The van der Waals surface area contributed by atoms with E-state index < -0.39 is 0 Å². The molecular formula is C13H22N2O. The van der Waals surface area contributed by atoms with Gasteiger partial charge in [0.2, 0.25) is 5.91 Å². The van der Waals surface area contributed by atoms with Crippen LogP contribution in [0.1, 0.15) is 39.0 Å². The van der Waals surface area contributed by atoms with Gasteiger partial charge in [-0.2, -0.15) is 0 Å². The maximum Gasteiger partial charge on any atom is 0.219 e. The molecule has 2 heterocycles. The van der Waals surface area contributed by atoms with E-state index in [0.717, 1.165) is 19.1 Å². The van der Waals surface area contributed by atoms with Crippen molar-refractivity contribution < 1.29 is 4.79 Å². The standard InChI is InChI=1S/C13H22N2O/c1-11(16)15-9-6-13(10-15)4-7-14(8-5-13)12-2-3-12/h12H,2-10H2,1H3. The van der Waals surface area contributed by atoms with Crippen LogP contribution in [0.4, 0.5) is 0 Å². The Morgan fingerprint density at radius 1 is 1.12 bits per heavy atom. The Morgan fingerprint density at radius 3 is 2.25 bits per heavy atom. The number of rotatable bonds is 1. The maximum atomic E-state index is 11.4. The fourth-order valence-corrected chi connectivity index (χ4v) is 3.42. The van der Waals surface area contributed by atoms with Crippen LogP contribution in [0.2, 0.25) is 0 Å². The number of amides is 1. The van der Waals surface area contributed by atoms with Crippen molar-refractivity contribution in [2.24, 2.45) is 5.41 Å². The lowest BCUT2D eigenvalue weighted by Gasteiger charge is -2.39. The summed E-state index contributed by atoms with van der Waals surface area (Å²) in [6.45, 7) is 6.28. The van der Waals surface area contributed by atoms with Crippen molar-refractivity contribution in [1.82, 2.24) is 9.80 Å². The molecule has 0 aromatic rings. The molecule has 3 heteroatoms. The molecular weight excluding hydrogens is 200 g/mol. The van der Waals surface area contributed by atoms with Gasteiger partial charge in [-0.15, -0.1) is 0 Å². The van der Waals surface area contributed by atoms with E-state index in [0.29, 0.717) is 5.41 Å². The first-order valence-electron chi connectivity index (χ1n) is 6.68. The summed E-state index contributed by atoms with van der Waals surface area (Å²) in [7, 11) is 0. The van der Waals surface area contributed by atoms with E-state index in [9.17, 15) is 4.79 Å². The molecule has 3 fully saturated rings. The number of hydrogen-bond acceptors (Lipinski definition) is 2. The van der Waals surface area contributed by atoms with Gasteiger partial charge in [0.15, 0.2) is 0 Å². The Hall–Kier alpha value is -0.570. The summed E-state index contributed by atoms with van der Waals surface area (Å²) >= 11 is 0. The number of likely N-dealkylation sites (tertiary alicyclic amines) is 2. The second kappa shape index (κ2) is 3.73. The van der Waals surface area contributed by atoms with E-state index >= 15 is 0 Å². The normalized spacial score (nSPS) is 29.9. The number of piperidine rings is 1. The van der Waals surface area contributed by atoms with Crippen LogP contribution in [0.15, 0.2) is 0 Å². The van der Waals surface area contributed by atoms with E-state index in [2.05, 4.69) is 4.90 Å². The van der Waals surface area contributed by atoms with Gasteiger partial charge in [-0.3, -0.25) is 4.79 Å². The molecule has 0 atom stereocenters. The summed E-state index contributed by atoms with van der Waals surface area (Å²) in [6, 6.07) is 0.919. The van der Waals surface area contributed by atoms with Crippen LogP contribution < -0.4 is 0 Å². The van der Waals surface area contributed by atoms with Gasteiger partial charge in [-0.25, -0.2) is 0 Å². The predicted molar refractivity (Wildman–Crippen MR) is 63.1 cm³/mol. The Balaban J connectivity index is 1.58. The van der Waals surface area contributed by atoms with Crippen LogP contribution in [0, 0.1) is 5.41 Å². The molecule has 3 nitrogen and oxygen atoms in total. The lowest BCUT2D eigenvalue weighted by atomic mass is 9.78. The van der Waals surface area contributed by atoms with Crippen molar-refractivity contribution in [1.29, 1.82) is 0 Å². The first-order chi connectivity index (χ1) is 7.69. The summed E-state index contributed by atoms with van der Waals surface area (Å²) in [4.78, 5) is 16.1. The Morgan fingerprint density at radius 2 is 1.75 bits per heavy atom. The predicted octanol–water partition coefficient (Wildman–Crippen LogP) is 1.48. The fraction of sp³-hybridized carbons (Fsp3) is 0.923. The third-order valence-electron chi connectivity index (χ3n) is 4.81. The number of carbonyl (C=O) groups is 1. The van der Waals surface area contributed by atoms with Crippen molar-refractivity contribution in [3.8, 4) is 0 Å². The van der Waals surface area contributed by atoms with E-state index in [1.165, 1.54) is 45.2 Å². The quantitative estimate of drug-likeness (QED) is 0.671. The third kappa shape index (κ3) is 1.86. The highest BCUT2D eigenvalue weighted by molar-refractivity contribution is 5.73. The van der Waals surface area contributed by atoms with Crippen molar-refractivity contribution in [2.75, 3.05) is 26.2 Å². The fourth-order valence-electron chi connectivity index (χ4n) is 3.42. The minimum Gasteiger partial charge on any atom is -0.342 e. The molecule has 1 aliphatic carbocycles. The van der Waals surface area contributed by atoms with E-state index in [1.54, 1.807) is 6.92 Å². The van der Waals surface area contributed by atoms with Crippen LogP contribution in [-0.4, -0.2) is 47.9 Å². The van der Waals surface area contributed by atoms with Crippen molar-refractivity contribution in [3.05, 3.63) is 0 Å². The zero-order valence-electron chi connectivity index (χ0n) is 10.2. The van der Waals surface area contributed by atoms with Crippen molar-refractivity contribution in [2.45, 2.75) is 45.1 Å². The molecule has 1 spiro atoms. The molecule has 2 aliphatic heterocycles. The van der Waals surface area contributed by atoms with Crippen LogP contribution in [0.3, 0.4) is 0 Å². The van der Waals surface area contributed by atoms with Gasteiger partial charge < -0.3 is 9.80 Å². The molecule has 0 bridgehead atoms. The molecule has 3 rings (SSSR count). The van der Waals surface area contributed by atoms with Gasteiger partial charge in [0.1, 0.15) is 0 Å². The van der Waals surface area contributed by atoms with Crippen LogP contribution in [0.5, 0.6) is 0 Å². The minimum atomic E-state index is 0.265. The largest absolute Gasteiger partial charge is 0.342 e. The molecule has 0 aromatic carbocycles. The van der Waals surface area contributed by atoms with Crippen molar-refractivity contribution in [3.63, 3.8) is 0 Å². The topological polar surface area (TPSA) is 23.6 Å². The summed E-state index contributed by atoms with van der Waals surface area (Å²) in [6.07, 6.45) is 6.71. The van der Waals surface area contributed by atoms with E-state index in [1.807, 2.05) is 4.90 Å². The second-order valence-electron chi connectivity index (χ2n) is 5.96. The SMILES string of the molecule is CC(=O)N1CCC2(CCN(C3CC3)CC2)C1. The second-order valence-corrected chi connectivity index (χ2v) is 5.96. The van der Waals surface area contributed by atoms with Crippen LogP contribution in [0.25, 0.3) is 0 Å². The van der Waals surface area contributed by atoms with Gasteiger partial charge in [0.25, 0.3) is 0 Å². The highest BCUT2D eigenvalue weighted by Gasteiger charge is 2.43. The first kappa shape index (κ1) is 10.6. The average Bonchev–Trinajstić information content (AvgIpc) is 3.03. The van der Waals surface area contributed by atoms with E-state index in [-0.39, 0.29) is 5.91 Å². The van der Waals surface area contributed by atoms with Gasteiger partial charge in [0, 0.05) is 26.1 Å². The molecule has 1 amide bonds. The summed E-state index contributed by atoms with van der Waals surface area (Å²) < 4.78 is 0. The molecule has 3 aliphatic rings. The molecule has 0 N–H and O–H groups in total. The number of hydrogen-bond donors (Lipinski definition) is 0. The Kier molecular flexibility index (Phi) is 2.46. The molecule has 90 valence electrons.